The SMILES string of the molecule is COc1cc(C2(C(=O)NCC(C)(O)c3ccsc3)CC2)ccc1C. The van der Waals surface area contributed by atoms with Crippen LogP contribution in [0.5, 0.6) is 5.75 Å². The Morgan fingerprint density at radius 1 is 1.42 bits per heavy atom. The summed E-state index contributed by atoms with van der Waals surface area (Å²) in [7, 11) is 1.64. The molecule has 24 heavy (non-hydrogen) atoms. The molecule has 4 nitrogen and oxygen atoms in total. The molecule has 0 saturated heterocycles. The Bertz CT molecular complexity index is 733. The monoisotopic (exact) mass is 345 g/mol. The zero-order valence-corrected chi connectivity index (χ0v) is 15.1. The molecule has 1 atom stereocenters. The normalized spacial score (nSPS) is 17.8. The van der Waals surface area contributed by atoms with Crippen LogP contribution in [0.25, 0.3) is 0 Å². The van der Waals surface area contributed by atoms with Gasteiger partial charge in [0.05, 0.1) is 19.1 Å². The van der Waals surface area contributed by atoms with Gasteiger partial charge in [-0.05, 0) is 66.3 Å². The molecular formula is C19H23NO3S. The van der Waals surface area contributed by atoms with E-state index < -0.39 is 11.0 Å². The van der Waals surface area contributed by atoms with E-state index in [0.717, 1.165) is 35.3 Å². The summed E-state index contributed by atoms with van der Waals surface area (Å²) >= 11 is 1.53. The van der Waals surface area contributed by atoms with Gasteiger partial charge in [0, 0.05) is 0 Å². The number of methoxy groups -OCH3 is 1. The van der Waals surface area contributed by atoms with Gasteiger partial charge in [-0.2, -0.15) is 11.3 Å². The third-order valence-corrected chi connectivity index (χ3v) is 5.56. The lowest BCUT2D eigenvalue weighted by molar-refractivity contribution is -0.124. The van der Waals surface area contributed by atoms with Gasteiger partial charge in [0.2, 0.25) is 5.91 Å². The molecule has 1 fully saturated rings. The number of thiophene rings is 1. The van der Waals surface area contributed by atoms with Crippen LogP contribution in [0.2, 0.25) is 0 Å². The maximum atomic E-state index is 12.8. The number of hydrogen-bond donors (Lipinski definition) is 2. The summed E-state index contributed by atoms with van der Waals surface area (Å²) in [5, 5.41) is 17.3. The van der Waals surface area contributed by atoms with Crippen molar-refractivity contribution in [3.8, 4) is 5.75 Å². The minimum atomic E-state index is -1.06. The summed E-state index contributed by atoms with van der Waals surface area (Å²) in [5.74, 6) is 0.778. The molecule has 0 spiro atoms. The van der Waals surface area contributed by atoms with Crippen LogP contribution in [0.1, 0.15) is 36.5 Å². The molecule has 1 aromatic carbocycles. The molecule has 1 aliphatic rings. The number of amides is 1. The van der Waals surface area contributed by atoms with Crippen molar-refractivity contribution in [1.82, 2.24) is 5.32 Å². The van der Waals surface area contributed by atoms with Crippen molar-refractivity contribution in [2.45, 2.75) is 37.7 Å². The number of carbonyl (C=O) groups is 1. The van der Waals surface area contributed by atoms with Gasteiger partial charge >= 0.3 is 0 Å². The van der Waals surface area contributed by atoms with Crippen molar-refractivity contribution >= 4 is 17.2 Å². The molecule has 0 radical (unpaired) electrons. The summed E-state index contributed by atoms with van der Waals surface area (Å²) < 4.78 is 5.38. The minimum Gasteiger partial charge on any atom is -0.496 e. The Balaban J connectivity index is 1.73. The Morgan fingerprint density at radius 2 is 2.17 bits per heavy atom. The first-order chi connectivity index (χ1) is 11.4. The van der Waals surface area contributed by atoms with Crippen molar-refractivity contribution in [2.24, 2.45) is 0 Å². The molecule has 5 heteroatoms. The van der Waals surface area contributed by atoms with Crippen molar-refractivity contribution in [2.75, 3.05) is 13.7 Å². The van der Waals surface area contributed by atoms with Gasteiger partial charge in [-0.1, -0.05) is 12.1 Å². The van der Waals surface area contributed by atoms with E-state index in [1.807, 2.05) is 41.9 Å². The molecule has 0 aliphatic heterocycles. The topological polar surface area (TPSA) is 58.6 Å². The molecule has 2 aromatic rings. The first-order valence-corrected chi connectivity index (χ1v) is 9.02. The molecule has 1 saturated carbocycles. The van der Waals surface area contributed by atoms with Gasteiger partial charge < -0.3 is 15.2 Å². The summed E-state index contributed by atoms with van der Waals surface area (Å²) in [6.07, 6.45) is 1.65. The highest BCUT2D eigenvalue weighted by Gasteiger charge is 2.51. The van der Waals surface area contributed by atoms with E-state index in [2.05, 4.69) is 5.32 Å². The van der Waals surface area contributed by atoms with Gasteiger partial charge in [-0.25, -0.2) is 0 Å². The van der Waals surface area contributed by atoms with Crippen LogP contribution in [0, 0.1) is 6.92 Å². The number of aliphatic hydroxyl groups is 1. The Kier molecular flexibility index (Phi) is 4.40. The van der Waals surface area contributed by atoms with Crippen molar-refractivity contribution in [3.63, 3.8) is 0 Å². The quantitative estimate of drug-likeness (QED) is 0.846. The summed E-state index contributed by atoms with van der Waals surface area (Å²) in [5.41, 5.74) is 1.33. The van der Waals surface area contributed by atoms with Crippen LogP contribution in [0.15, 0.2) is 35.0 Å². The number of carbonyl (C=O) groups excluding carboxylic acids is 1. The number of ether oxygens (including phenoxy) is 1. The maximum absolute atomic E-state index is 12.8. The second kappa shape index (κ2) is 6.22. The van der Waals surface area contributed by atoms with Crippen LogP contribution < -0.4 is 10.1 Å². The molecule has 3 rings (SSSR count). The lowest BCUT2D eigenvalue weighted by Crippen LogP contribution is -2.43. The second-order valence-corrected chi connectivity index (χ2v) is 7.52. The fourth-order valence-electron chi connectivity index (χ4n) is 2.98. The standard InChI is InChI=1S/C19H23NO3S/c1-13-4-5-14(10-16(13)23-3)19(7-8-19)17(21)20-12-18(2,22)15-6-9-24-11-15/h4-6,9-11,22H,7-8,12H2,1-3H3,(H,20,21). The number of hydrogen-bond acceptors (Lipinski definition) is 4. The molecule has 1 aromatic heterocycles. The predicted molar refractivity (Wildman–Crippen MR) is 95.5 cm³/mol. The average Bonchev–Trinajstić information content (AvgIpc) is 3.18. The van der Waals surface area contributed by atoms with Gasteiger partial charge in [0.25, 0.3) is 0 Å². The smallest absolute Gasteiger partial charge is 0.230 e. The molecule has 1 unspecified atom stereocenters. The van der Waals surface area contributed by atoms with Crippen LogP contribution in [-0.2, 0) is 15.8 Å². The van der Waals surface area contributed by atoms with Gasteiger partial charge in [-0.3, -0.25) is 4.79 Å². The van der Waals surface area contributed by atoms with Gasteiger partial charge in [-0.15, -0.1) is 0 Å². The molecule has 2 N–H and O–H groups in total. The van der Waals surface area contributed by atoms with Crippen molar-refractivity contribution in [1.29, 1.82) is 0 Å². The van der Waals surface area contributed by atoms with Gasteiger partial charge in [0.15, 0.2) is 0 Å². The lowest BCUT2D eigenvalue weighted by Gasteiger charge is -2.25. The zero-order valence-electron chi connectivity index (χ0n) is 14.3. The van der Waals surface area contributed by atoms with E-state index in [1.54, 1.807) is 14.0 Å². The number of benzene rings is 1. The first-order valence-electron chi connectivity index (χ1n) is 8.07. The summed E-state index contributed by atoms with van der Waals surface area (Å²) in [6.45, 7) is 3.91. The molecule has 0 bridgehead atoms. The van der Waals surface area contributed by atoms with Crippen LogP contribution in [0.4, 0.5) is 0 Å². The zero-order chi connectivity index (χ0) is 17.4. The third-order valence-electron chi connectivity index (χ3n) is 4.88. The summed E-state index contributed by atoms with van der Waals surface area (Å²) in [6, 6.07) is 7.83. The number of aryl methyl sites for hydroxylation is 1. The van der Waals surface area contributed by atoms with E-state index in [4.69, 9.17) is 4.74 Å². The fourth-order valence-corrected chi connectivity index (χ4v) is 3.77. The highest BCUT2D eigenvalue weighted by atomic mass is 32.1. The highest BCUT2D eigenvalue weighted by molar-refractivity contribution is 7.08. The highest BCUT2D eigenvalue weighted by Crippen LogP contribution is 2.49. The van der Waals surface area contributed by atoms with Gasteiger partial charge in [0.1, 0.15) is 11.4 Å². The van der Waals surface area contributed by atoms with Crippen LogP contribution in [0.3, 0.4) is 0 Å². The Hall–Kier alpha value is -1.85. The van der Waals surface area contributed by atoms with E-state index in [9.17, 15) is 9.90 Å². The average molecular weight is 345 g/mol. The minimum absolute atomic E-state index is 0.0242. The first kappa shape index (κ1) is 17.0. The number of rotatable bonds is 6. The van der Waals surface area contributed by atoms with Crippen LogP contribution >= 0.6 is 11.3 Å². The van der Waals surface area contributed by atoms with E-state index in [1.165, 1.54) is 11.3 Å². The summed E-state index contributed by atoms with van der Waals surface area (Å²) in [4.78, 5) is 12.8. The molecule has 1 amide bonds. The van der Waals surface area contributed by atoms with Crippen molar-refractivity contribution in [3.05, 3.63) is 51.7 Å². The fraction of sp³-hybridized carbons (Fsp3) is 0.421. The van der Waals surface area contributed by atoms with Crippen molar-refractivity contribution < 1.29 is 14.6 Å². The Labute approximate surface area is 146 Å². The number of nitrogens with one attached hydrogen (secondary N) is 1. The third kappa shape index (κ3) is 3.06. The molecular weight excluding hydrogens is 322 g/mol. The molecule has 1 aliphatic carbocycles. The van der Waals surface area contributed by atoms with Crippen LogP contribution in [-0.4, -0.2) is 24.7 Å². The van der Waals surface area contributed by atoms with E-state index in [0.29, 0.717) is 0 Å². The molecule has 1 heterocycles. The second-order valence-electron chi connectivity index (χ2n) is 6.74. The van der Waals surface area contributed by atoms with E-state index in [-0.39, 0.29) is 12.5 Å². The van der Waals surface area contributed by atoms with E-state index >= 15 is 0 Å². The maximum Gasteiger partial charge on any atom is 0.230 e. The Morgan fingerprint density at radius 3 is 2.75 bits per heavy atom. The lowest BCUT2D eigenvalue weighted by atomic mass is 9.92. The molecule has 128 valence electrons. The largest absolute Gasteiger partial charge is 0.496 e. The predicted octanol–water partition coefficient (Wildman–Crippen LogP) is 3.12.